The summed E-state index contributed by atoms with van der Waals surface area (Å²) in [6.45, 7) is 8.80. The lowest BCUT2D eigenvalue weighted by Crippen LogP contribution is -2.36. The highest BCUT2D eigenvalue weighted by molar-refractivity contribution is 6.33. The average Bonchev–Trinajstić information content (AvgIpc) is 2.41. The van der Waals surface area contributed by atoms with Gasteiger partial charge in [0.05, 0.1) is 23.9 Å². The maximum absolute atomic E-state index is 12.1. The zero-order valence-corrected chi connectivity index (χ0v) is 13.0. The van der Waals surface area contributed by atoms with Crippen molar-refractivity contribution in [2.24, 2.45) is 5.41 Å². The van der Waals surface area contributed by atoms with E-state index in [4.69, 9.17) is 16.3 Å². The van der Waals surface area contributed by atoms with Gasteiger partial charge in [0.2, 0.25) is 5.91 Å². The Kier molecular flexibility index (Phi) is 4.55. The summed E-state index contributed by atoms with van der Waals surface area (Å²) in [4.78, 5) is 14.3. The molecule has 110 valence electrons. The number of halogens is 1. The van der Waals surface area contributed by atoms with Crippen LogP contribution in [0.2, 0.25) is 5.02 Å². The number of rotatable bonds is 2. The van der Waals surface area contributed by atoms with E-state index in [2.05, 4.69) is 10.2 Å². The van der Waals surface area contributed by atoms with Crippen LogP contribution in [0, 0.1) is 5.41 Å². The standard InChI is InChI=1S/C15H21ClN2O2/c1-15(2,3)14(19)17-13-10-11(4-5-12(13)16)18-6-8-20-9-7-18/h4-5,10H,6-9H2,1-3H3,(H,17,19). The third kappa shape index (κ3) is 3.64. The van der Waals surface area contributed by atoms with Gasteiger partial charge in [-0.15, -0.1) is 0 Å². The number of ether oxygens (including phenoxy) is 1. The van der Waals surface area contributed by atoms with Gasteiger partial charge >= 0.3 is 0 Å². The van der Waals surface area contributed by atoms with Crippen LogP contribution < -0.4 is 10.2 Å². The van der Waals surface area contributed by atoms with Gasteiger partial charge in [0, 0.05) is 24.2 Å². The van der Waals surface area contributed by atoms with E-state index in [1.165, 1.54) is 0 Å². The van der Waals surface area contributed by atoms with Crippen LogP contribution in [0.25, 0.3) is 0 Å². The van der Waals surface area contributed by atoms with Crippen LogP contribution in [-0.2, 0) is 9.53 Å². The van der Waals surface area contributed by atoms with E-state index in [0.29, 0.717) is 10.7 Å². The van der Waals surface area contributed by atoms with E-state index in [1.54, 1.807) is 0 Å². The van der Waals surface area contributed by atoms with E-state index in [1.807, 2.05) is 39.0 Å². The predicted octanol–water partition coefficient (Wildman–Crippen LogP) is 3.16. The maximum atomic E-state index is 12.1. The van der Waals surface area contributed by atoms with Crippen LogP contribution in [0.1, 0.15) is 20.8 Å². The fourth-order valence-corrected chi connectivity index (χ4v) is 2.10. The number of morpholine rings is 1. The zero-order chi connectivity index (χ0) is 14.8. The molecule has 1 aliphatic heterocycles. The van der Waals surface area contributed by atoms with Gasteiger partial charge in [-0.25, -0.2) is 0 Å². The Balaban J connectivity index is 2.18. The molecule has 1 aromatic carbocycles. The largest absolute Gasteiger partial charge is 0.378 e. The minimum atomic E-state index is -0.446. The molecule has 0 atom stereocenters. The Labute approximate surface area is 125 Å². The first kappa shape index (κ1) is 15.1. The van der Waals surface area contributed by atoms with Crippen molar-refractivity contribution in [1.29, 1.82) is 0 Å². The number of amides is 1. The van der Waals surface area contributed by atoms with Gasteiger partial charge in [-0.1, -0.05) is 32.4 Å². The first-order valence-corrected chi connectivity index (χ1v) is 7.19. The van der Waals surface area contributed by atoms with Gasteiger partial charge in [0.25, 0.3) is 0 Å². The van der Waals surface area contributed by atoms with Crippen molar-refractivity contribution in [1.82, 2.24) is 0 Å². The Morgan fingerprint density at radius 3 is 2.55 bits per heavy atom. The molecule has 1 amide bonds. The fraction of sp³-hybridized carbons (Fsp3) is 0.533. The SMILES string of the molecule is CC(C)(C)C(=O)Nc1cc(N2CCOCC2)ccc1Cl. The molecular formula is C15H21ClN2O2. The van der Waals surface area contributed by atoms with Gasteiger partial charge < -0.3 is 15.0 Å². The Morgan fingerprint density at radius 1 is 1.30 bits per heavy atom. The highest BCUT2D eigenvalue weighted by atomic mass is 35.5. The van der Waals surface area contributed by atoms with Gasteiger partial charge in [0.1, 0.15) is 0 Å². The van der Waals surface area contributed by atoms with Crippen molar-refractivity contribution >= 4 is 28.9 Å². The molecule has 0 spiro atoms. The highest BCUT2D eigenvalue weighted by Gasteiger charge is 2.22. The number of hydrogen-bond donors (Lipinski definition) is 1. The third-order valence-electron chi connectivity index (χ3n) is 3.26. The maximum Gasteiger partial charge on any atom is 0.229 e. The molecule has 1 aromatic rings. The Morgan fingerprint density at radius 2 is 1.95 bits per heavy atom. The quantitative estimate of drug-likeness (QED) is 0.911. The number of nitrogens with one attached hydrogen (secondary N) is 1. The van der Waals surface area contributed by atoms with E-state index >= 15 is 0 Å². The van der Waals surface area contributed by atoms with Gasteiger partial charge in [-0.3, -0.25) is 4.79 Å². The third-order valence-corrected chi connectivity index (χ3v) is 3.59. The van der Waals surface area contributed by atoms with Crippen molar-refractivity contribution in [2.75, 3.05) is 36.5 Å². The van der Waals surface area contributed by atoms with Crippen molar-refractivity contribution in [3.63, 3.8) is 0 Å². The topological polar surface area (TPSA) is 41.6 Å². The molecule has 0 saturated carbocycles. The summed E-state index contributed by atoms with van der Waals surface area (Å²) in [5.74, 6) is -0.0430. The zero-order valence-electron chi connectivity index (χ0n) is 12.2. The normalized spacial score (nSPS) is 16.1. The number of anilines is 2. The molecule has 1 N–H and O–H groups in total. The second kappa shape index (κ2) is 6.02. The van der Waals surface area contributed by atoms with Crippen molar-refractivity contribution in [3.05, 3.63) is 23.2 Å². The van der Waals surface area contributed by atoms with Gasteiger partial charge in [0.15, 0.2) is 0 Å². The summed E-state index contributed by atoms with van der Waals surface area (Å²) < 4.78 is 5.35. The smallest absolute Gasteiger partial charge is 0.229 e. The number of hydrogen-bond acceptors (Lipinski definition) is 3. The second-order valence-electron chi connectivity index (χ2n) is 5.97. The molecule has 2 rings (SSSR count). The molecule has 5 heteroatoms. The van der Waals surface area contributed by atoms with Crippen molar-refractivity contribution in [2.45, 2.75) is 20.8 Å². The molecule has 1 saturated heterocycles. The minimum absolute atomic E-state index is 0.0430. The summed E-state index contributed by atoms with van der Waals surface area (Å²) in [5, 5.41) is 3.46. The number of benzene rings is 1. The van der Waals surface area contributed by atoms with E-state index < -0.39 is 5.41 Å². The van der Waals surface area contributed by atoms with Crippen molar-refractivity contribution in [3.8, 4) is 0 Å². The summed E-state index contributed by atoms with van der Waals surface area (Å²) in [6.07, 6.45) is 0. The highest BCUT2D eigenvalue weighted by Crippen LogP contribution is 2.29. The molecule has 0 aromatic heterocycles. The van der Waals surface area contributed by atoms with Crippen LogP contribution in [0.4, 0.5) is 11.4 Å². The van der Waals surface area contributed by atoms with E-state index in [9.17, 15) is 4.79 Å². The monoisotopic (exact) mass is 296 g/mol. The summed E-state index contributed by atoms with van der Waals surface area (Å²) in [6, 6.07) is 5.72. The molecule has 1 aliphatic rings. The second-order valence-corrected chi connectivity index (χ2v) is 6.37. The van der Waals surface area contributed by atoms with Crippen LogP contribution in [0.15, 0.2) is 18.2 Å². The lowest BCUT2D eigenvalue weighted by molar-refractivity contribution is -0.123. The Bertz CT molecular complexity index is 491. The number of carbonyl (C=O) groups excluding carboxylic acids is 1. The van der Waals surface area contributed by atoms with Crippen LogP contribution in [0.5, 0.6) is 0 Å². The van der Waals surface area contributed by atoms with E-state index in [0.717, 1.165) is 32.0 Å². The van der Waals surface area contributed by atoms with Gasteiger partial charge in [-0.2, -0.15) is 0 Å². The lowest BCUT2D eigenvalue weighted by atomic mass is 9.95. The molecule has 4 nitrogen and oxygen atoms in total. The molecule has 20 heavy (non-hydrogen) atoms. The summed E-state index contributed by atoms with van der Waals surface area (Å²) >= 11 is 6.17. The van der Waals surface area contributed by atoms with Crippen LogP contribution in [-0.4, -0.2) is 32.2 Å². The van der Waals surface area contributed by atoms with Crippen LogP contribution in [0.3, 0.4) is 0 Å². The molecule has 0 radical (unpaired) electrons. The molecule has 0 bridgehead atoms. The van der Waals surface area contributed by atoms with Crippen molar-refractivity contribution < 1.29 is 9.53 Å². The number of nitrogens with zero attached hydrogens (tertiary/aromatic N) is 1. The summed E-state index contributed by atoms with van der Waals surface area (Å²) in [7, 11) is 0. The number of carbonyl (C=O) groups is 1. The Hall–Kier alpha value is -1.26. The fourth-order valence-electron chi connectivity index (χ4n) is 1.94. The van der Waals surface area contributed by atoms with Gasteiger partial charge in [-0.05, 0) is 18.2 Å². The molecule has 0 unspecified atom stereocenters. The predicted molar refractivity (Wildman–Crippen MR) is 82.6 cm³/mol. The lowest BCUT2D eigenvalue weighted by Gasteiger charge is -2.29. The molecule has 1 heterocycles. The molecular weight excluding hydrogens is 276 g/mol. The average molecular weight is 297 g/mol. The minimum Gasteiger partial charge on any atom is -0.378 e. The first-order chi connectivity index (χ1) is 9.38. The summed E-state index contributed by atoms with van der Waals surface area (Å²) in [5.41, 5.74) is 1.27. The molecule has 1 fully saturated rings. The molecule has 0 aliphatic carbocycles. The first-order valence-electron chi connectivity index (χ1n) is 6.81. The van der Waals surface area contributed by atoms with Crippen LogP contribution >= 0.6 is 11.6 Å². The van der Waals surface area contributed by atoms with E-state index in [-0.39, 0.29) is 5.91 Å².